The lowest BCUT2D eigenvalue weighted by Gasteiger charge is -2.24. The minimum Gasteiger partial charge on any atom is -0.480 e. The highest BCUT2D eigenvalue weighted by Gasteiger charge is 2.53. The smallest absolute Gasteiger partial charge is 0.410 e. The quantitative estimate of drug-likeness (QED) is 0.226. The molecule has 2 amide bonds. The third-order valence-electron chi connectivity index (χ3n) is 7.34. The number of oxime groups is 1. The van der Waals surface area contributed by atoms with Crippen LogP contribution < -0.4 is 20.7 Å². The molecule has 5 rings (SSSR count). The molecule has 44 heavy (non-hydrogen) atoms. The number of carbonyl (C=O) groups excluding carboxylic acids is 2. The Morgan fingerprint density at radius 1 is 1.14 bits per heavy atom. The molecule has 0 aliphatic carbocycles. The molecule has 15 nitrogen and oxygen atoms in total. The molecular weight excluding hydrogens is 594 g/mol. The minimum atomic E-state index is -4.15. The molecule has 0 aromatic heterocycles. The van der Waals surface area contributed by atoms with Gasteiger partial charge in [0.05, 0.1) is 24.0 Å². The van der Waals surface area contributed by atoms with E-state index in [0.29, 0.717) is 32.0 Å². The number of amides is 2. The maximum atomic E-state index is 13.2. The van der Waals surface area contributed by atoms with Crippen molar-refractivity contribution in [1.82, 2.24) is 25.6 Å². The first kappa shape index (κ1) is 30.7. The van der Waals surface area contributed by atoms with Crippen LogP contribution in [0.25, 0.3) is 0 Å². The van der Waals surface area contributed by atoms with E-state index < -0.39 is 46.2 Å². The molecule has 2 aromatic rings. The zero-order valence-electron chi connectivity index (χ0n) is 23.6. The van der Waals surface area contributed by atoms with Gasteiger partial charge in [-0.15, -0.1) is 0 Å². The van der Waals surface area contributed by atoms with Crippen LogP contribution in [0.5, 0.6) is 0 Å². The van der Waals surface area contributed by atoms with E-state index in [1.165, 1.54) is 24.3 Å². The average molecular weight is 628 g/mol. The van der Waals surface area contributed by atoms with Crippen LogP contribution in [0, 0.1) is 0 Å². The number of sulfonamides is 1. The third kappa shape index (κ3) is 7.44. The molecule has 1 fully saturated rings. The van der Waals surface area contributed by atoms with Crippen molar-refractivity contribution in [2.24, 2.45) is 10.1 Å². The average Bonchev–Trinajstić information content (AvgIpc) is 3.78. The second kappa shape index (κ2) is 13.3. The molecule has 5 N–H and O–H groups in total. The van der Waals surface area contributed by atoms with E-state index in [-0.39, 0.29) is 36.2 Å². The lowest BCUT2D eigenvalue weighted by Crippen LogP contribution is -2.49. The van der Waals surface area contributed by atoms with Gasteiger partial charge in [0.15, 0.2) is 11.6 Å². The first-order chi connectivity index (χ1) is 21.1. The van der Waals surface area contributed by atoms with Gasteiger partial charge in [-0.2, -0.15) is 4.72 Å². The Morgan fingerprint density at radius 2 is 1.86 bits per heavy atom. The zero-order valence-corrected chi connectivity index (χ0v) is 24.5. The maximum Gasteiger partial charge on any atom is 0.410 e. The summed E-state index contributed by atoms with van der Waals surface area (Å²) in [6.07, 6.45) is -0.164. The van der Waals surface area contributed by atoms with Gasteiger partial charge in [-0.25, -0.2) is 13.2 Å². The van der Waals surface area contributed by atoms with Crippen molar-refractivity contribution in [1.29, 1.82) is 0 Å². The summed E-state index contributed by atoms with van der Waals surface area (Å²) in [5, 5.41) is 22.3. The minimum absolute atomic E-state index is 0.00639. The Hall–Kier alpha value is -4.70. The Bertz CT molecular complexity index is 1540. The fraction of sp³-hybridized carbons (Fsp3) is 0.393. The van der Waals surface area contributed by atoms with E-state index in [2.05, 4.69) is 30.8 Å². The number of nitrogens with one attached hydrogen (secondary N) is 4. The molecule has 0 bridgehead atoms. The number of likely N-dealkylation sites (tertiary alicyclic amines) is 1. The number of aliphatic carboxylic acids is 1. The highest BCUT2D eigenvalue weighted by Crippen LogP contribution is 2.37. The molecule has 1 spiro atoms. The molecular formula is C28H33N7O8S. The lowest BCUT2D eigenvalue weighted by molar-refractivity contribution is -0.138. The van der Waals surface area contributed by atoms with E-state index in [1.54, 1.807) is 11.0 Å². The van der Waals surface area contributed by atoms with Crippen molar-refractivity contribution in [2.75, 3.05) is 32.7 Å². The number of carbonyl (C=O) groups is 3. The number of guanidine groups is 1. The monoisotopic (exact) mass is 627 g/mol. The molecule has 2 unspecified atom stereocenters. The number of aliphatic imine (C=N–C) groups is 1. The molecule has 3 heterocycles. The normalized spacial score (nSPS) is 21.5. The van der Waals surface area contributed by atoms with Gasteiger partial charge in [0.1, 0.15) is 18.4 Å². The lowest BCUT2D eigenvalue weighted by atomic mass is 9.94. The molecule has 0 saturated carbocycles. The second-order valence-electron chi connectivity index (χ2n) is 10.6. The molecule has 234 valence electrons. The van der Waals surface area contributed by atoms with E-state index >= 15 is 0 Å². The van der Waals surface area contributed by atoms with E-state index in [1.807, 2.05) is 30.3 Å². The van der Waals surface area contributed by atoms with Gasteiger partial charge in [0.2, 0.25) is 10.0 Å². The molecule has 0 radical (unpaired) electrons. The fourth-order valence-electron chi connectivity index (χ4n) is 5.14. The van der Waals surface area contributed by atoms with E-state index in [0.717, 1.165) is 5.56 Å². The summed E-state index contributed by atoms with van der Waals surface area (Å²) in [7, 11) is -4.15. The first-order valence-corrected chi connectivity index (χ1v) is 15.5. The van der Waals surface area contributed by atoms with Crippen LogP contribution in [0.3, 0.4) is 0 Å². The Kier molecular flexibility index (Phi) is 9.29. The standard InChI is InChI=1S/C28H33N7O8S/c36-24(31-16-23(25(37)38)34-44(40,41)21-9-5-2-6-10-21)22-14-28(43-33-22)13-20(15-32-26-29-11-12-30-26)35(18-28)27(39)42-17-19-7-3-1-4-8-19/h1-10,20,23,34H,11-18H2,(H,31,36)(H,37,38)(H2,29,30,32)/t20?,23?,28-/m0/s1. The number of benzene rings is 2. The zero-order chi connectivity index (χ0) is 31.2. The molecule has 1 saturated heterocycles. The van der Waals surface area contributed by atoms with Crippen LogP contribution in [-0.4, -0.2) is 98.5 Å². The Labute approximate surface area is 253 Å². The Morgan fingerprint density at radius 3 is 2.55 bits per heavy atom. The van der Waals surface area contributed by atoms with Crippen LogP contribution in [0.2, 0.25) is 0 Å². The SMILES string of the molecule is O=C(NCC(NS(=O)(=O)c1ccccc1)C(=O)O)C1=NO[C@]2(C1)CC(CNC1=NCCN1)N(C(=O)OCc1ccccc1)C2. The maximum absolute atomic E-state index is 13.2. The van der Waals surface area contributed by atoms with Gasteiger partial charge in [0.25, 0.3) is 5.91 Å². The summed E-state index contributed by atoms with van der Waals surface area (Å²) < 4.78 is 32.9. The summed E-state index contributed by atoms with van der Waals surface area (Å²) in [5.74, 6) is -1.55. The Balaban J connectivity index is 1.20. The summed E-state index contributed by atoms with van der Waals surface area (Å²) in [4.78, 5) is 49.4. The number of hydrogen-bond acceptors (Lipinski definition) is 11. The summed E-state index contributed by atoms with van der Waals surface area (Å²) in [6, 6.07) is 14.6. The van der Waals surface area contributed by atoms with Gasteiger partial charge in [-0.1, -0.05) is 53.7 Å². The fourth-order valence-corrected chi connectivity index (χ4v) is 6.35. The third-order valence-corrected chi connectivity index (χ3v) is 8.83. The van der Waals surface area contributed by atoms with Crippen LogP contribution in [0.4, 0.5) is 4.79 Å². The molecule has 3 atom stereocenters. The second-order valence-corrected chi connectivity index (χ2v) is 12.3. The van der Waals surface area contributed by atoms with Gasteiger partial charge < -0.3 is 30.6 Å². The molecule has 16 heteroatoms. The van der Waals surface area contributed by atoms with Gasteiger partial charge in [0, 0.05) is 32.5 Å². The van der Waals surface area contributed by atoms with Crippen molar-refractivity contribution in [3.05, 3.63) is 66.2 Å². The summed E-state index contributed by atoms with van der Waals surface area (Å²) >= 11 is 0. The highest BCUT2D eigenvalue weighted by molar-refractivity contribution is 7.89. The largest absolute Gasteiger partial charge is 0.480 e. The van der Waals surface area contributed by atoms with Crippen molar-refractivity contribution < 1.29 is 37.5 Å². The number of hydrogen-bond donors (Lipinski definition) is 5. The van der Waals surface area contributed by atoms with Crippen molar-refractivity contribution >= 4 is 39.7 Å². The van der Waals surface area contributed by atoms with Crippen molar-refractivity contribution in [2.45, 2.75) is 42.0 Å². The predicted octanol–water partition coefficient (Wildman–Crippen LogP) is 0.00930. The number of ether oxygens (including phenoxy) is 1. The summed E-state index contributed by atoms with van der Waals surface area (Å²) in [5.41, 5.74) is -0.177. The van der Waals surface area contributed by atoms with Crippen molar-refractivity contribution in [3.63, 3.8) is 0 Å². The van der Waals surface area contributed by atoms with Gasteiger partial charge >= 0.3 is 12.1 Å². The number of rotatable bonds is 11. The van der Waals surface area contributed by atoms with Gasteiger partial charge in [-0.05, 0) is 17.7 Å². The van der Waals surface area contributed by atoms with Crippen molar-refractivity contribution in [3.8, 4) is 0 Å². The van der Waals surface area contributed by atoms with Crippen LogP contribution in [0.15, 0.2) is 75.7 Å². The topological polar surface area (TPSA) is 200 Å². The highest BCUT2D eigenvalue weighted by atomic mass is 32.2. The van der Waals surface area contributed by atoms with Crippen LogP contribution in [0.1, 0.15) is 18.4 Å². The number of carboxylic acid groups (broad SMARTS) is 1. The van der Waals surface area contributed by atoms with E-state index in [4.69, 9.17) is 9.57 Å². The van der Waals surface area contributed by atoms with Gasteiger partial charge in [-0.3, -0.25) is 19.5 Å². The van der Waals surface area contributed by atoms with E-state index in [9.17, 15) is 27.9 Å². The predicted molar refractivity (Wildman–Crippen MR) is 157 cm³/mol. The number of nitrogens with zero attached hydrogens (tertiary/aromatic N) is 3. The first-order valence-electron chi connectivity index (χ1n) is 14.0. The molecule has 3 aliphatic heterocycles. The molecule has 3 aliphatic rings. The van der Waals surface area contributed by atoms with Crippen LogP contribution in [-0.2, 0) is 35.8 Å². The van der Waals surface area contributed by atoms with Crippen LogP contribution >= 0.6 is 0 Å². The summed E-state index contributed by atoms with van der Waals surface area (Å²) in [6.45, 7) is 1.35. The number of carboxylic acids is 1. The molecule has 2 aromatic carbocycles.